The van der Waals surface area contributed by atoms with E-state index in [0.717, 1.165) is 0 Å². The molecule has 1 heterocycles. The lowest BCUT2D eigenvalue weighted by molar-refractivity contribution is -0.146. The number of anilines is 2. The molecule has 1 aromatic carbocycles. The van der Waals surface area contributed by atoms with E-state index in [1.54, 1.807) is 12.1 Å². The number of alkyl halides is 3. The molecule has 0 bridgehead atoms. The van der Waals surface area contributed by atoms with Crippen molar-refractivity contribution in [1.29, 1.82) is 0 Å². The van der Waals surface area contributed by atoms with Crippen molar-refractivity contribution in [3.05, 3.63) is 23.8 Å². The first kappa shape index (κ1) is 15.4. The van der Waals surface area contributed by atoms with Gasteiger partial charge in [0.15, 0.2) is 0 Å². The molecule has 116 valence electrons. The predicted molar refractivity (Wildman–Crippen MR) is 74.1 cm³/mol. The molecular weight excluding hydrogens is 285 g/mol. The normalized spacial score (nSPS) is 17.0. The molecule has 1 fully saturated rings. The maximum absolute atomic E-state index is 12.4. The van der Waals surface area contributed by atoms with E-state index < -0.39 is 18.6 Å². The van der Waals surface area contributed by atoms with E-state index in [9.17, 15) is 18.0 Å². The SMILES string of the molecule is NC(=O)c1ccc(N)cc1N1CCN(CC(F)(F)F)CC1. The Kier molecular flexibility index (Phi) is 4.26. The molecule has 4 N–H and O–H groups in total. The van der Waals surface area contributed by atoms with Gasteiger partial charge in [0, 0.05) is 31.9 Å². The van der Waals surface area contributed by atoms with Crippen LogP contribution >= 0.6 is 0 Å². The monoisotopic (exact) mass is 302 g/mol. The first-order valence-corrected chi connectivity index (χ1v) is 6.49. The van der Waals surface area contributed by atoms with E-state index in [1.807, 2.05) is 4.90 Å². The van der Waals surface area contributed by atoms with E-state index >= 15 is 0 Å². The molecule has 0 saturated carbocycles. The Balaban J connectivity index is 2.09. The van der Waals surface area contributed by atoms with Gasteiger partial charge < -0.3 is 16.4 Å². The van der Waals surface area contributed by atoms with Crippen molar-refractivity contribution in [3.63, 3.8) is 0 Å². The number of hydrogen-bond acceptors (Lipinski definition) is 4. The number of nitrogens with two attached hydrogens (primary N) is 2. The minimum absolute atomic E-state index is 0.270. The summed E-state index contributed by atoms with van der Waals surface area (Å²) in [6.07, 6.45) is -4.20. The molecule has 0 atom stereocenters. The second-order valence-corrected chi connectivity index (χ2v) is 5.02. The summed E-state index contributed by atoms with van der Waals surface area (Å²) in [5.74, 6) is -0.581. The zero-order valence-electron chi connectivity index (χ0n) is 11.4. The Bertz CT molecular complexity index is 525. The number of rotatable bonds is 3. The lowest BCUT2D eigenvalue weighted by Crippen LogP contribution is -2.49. The first-order valence-electron chi connectivity index (χ1n) is 6.49. The van der Waals surface area contributed by atoms with Crippen LogP contribution < -0.4 is 16.4 Å². The summed E-state index contributed by atoms with van der Waals surface area (Å²) in [6, 6.07) is 4.73. The van der Waals surface area contributed by atoms with Crippen molar-refractivity contribution in [2.24, 2.45) is 5.73 Å². The van der Waals surface area contributed by atoms with Crippen molar-refractivity contribution in [2.75, 3.05) is 43.4 Å². The molecule has 0 aliphatic carbocycles. The average molecular weight is 302 g/mol. The van der Waals surface area contributed by atoms with Gasteiger partial charge in [-0.05, 0) is 18.2 Å². The maximum Gasteiger partial charge on any atom is 0.401 e. The van der Waals surface area contributed by atoms with Gasteiger partial charge in [0.05, 0.1) is 17.8 Å². The molecule has 0 unspecified atom stereocenters. The number of nitrogens with zero attached hydrogens (tertiary/aromatic N) is 2. The Morgan fingerprint density at radius 2 is 1.81 bits per heavy atom. The molecule has 1 saturated heterocycles. The predicted octanol–water partition coefficient (Wildman–Crippen LogP) is 1.05. The lowest BCUT2D eigenvalue weighted by atomic mass is 10.1. The zero-order valence-corrected chi connectivity index (χ0v) is 11.4. The standard InChI is InChI=1S/C13H17F3N4O/c14-13(15,16)8-19-3-5-20(6-4-19)11-7-9(17)1-2-10(11)12(18)21/h1-2,7H,3-6,8,17H2,(H2,18,21). The van der Waals surface area contributed by atoms with E-state index in [0.29, 0.717) is 30.0 Å². The van der Waals surface area contributed by atoms with Crippen LogP contribution in [0.15, 0.2) is 18.2 Å². The molecule has 1 aliphatic rings. The van der Waals surface area contributed by atoms with Gasteiger partial charge in [0.25, 0.3) is 5.91 Å². The topological polar surface area (TPSA) is 75.6 Å². The Hall–Kier alpha value is -1.96. The first-order chi connectivity index (χ1) is 9.76. The number of carbonyl (C=O) groups is 1. The minimum Gasteiger partial charge on any atom is -0.399 e. The molecule has 1 amide bonds. The Morgan fingerprint density at radius 3 is 2.33 bits per heavy atom. The van der Waals surface area contributed by atoms with Gasteiger partial charge in [0.2, 0.25) is 0 Å². The number of hydrogen-bond donors (Lipinski definition) is 2. The summed E-state index contributed by atoms with van der Waals surface area (Å²) in [5, 5.41) is 0. The van der Waals surface area contributed by atoms with Gasteiger partial charge in [0.1, 0.15) is 0 Å². The number of carbonyl (C=O) groups excluding carboxylic acids is 1. The van der Waals surface area contributed by atoms with Crippen LogP contribution in [0.1, 0.15) is 10.4 Å². The van der Waals surface area contributed by atoms with Crippen LogP contribution in [0.5, 0.6) is 0 Å². The summed E-state index contributed by atoms with van der Waals surface area (Å²) in [5.41, 5.74) is 12.4. The van der Waals surface area contributed by atoms with Crippen LogP contribution in [-0.4, -0.2) is 49.7 Å². The van der Waals surface area contributed by atoms with Gasteiger partial charge in [-0.2, -0.15) is 13.2 Å². The number of amides is 1. The molecule has 1 aliphatic heterocycles. The van der Waals surface area contributed by atoms with Crippen molar-refractivity contribution >= 4 is 17.3 Å². The van der Waals surface area contributed by atoms with Crippen molar-refractivity contribution < 1.29 is 18.0 Å². The van der Waals surface area contributed by atoms with Crippen LogP contribution in [0, 0.1) is 0 Å². The maximum atomic E-state index is 12.4. The lowest BCUT2D eigenvalue weighted by Gasteiger charge is -2.37. The number of nitrogen functional groups attached to an aromatic ring is 1. The summed E-state index contributed by atoms with van der Waals surface area (Å²) in [6.45, 7) is 0.402. The van der Waals surface area contributed by atoms with E-state index in [1.165, 1.54) is 11.0 Å². The Morgan fingerprint density at radius 1 is 1.19 bits per heavy atom. The van der Waals surface area contributed by atoms with Gasteiger partial charge in [-0.25, -0.2) is 0 Å². The van der Waals surface area contributed by atoms with Gasteiger partial charge in [-0.15, -0.1) is 0 Å². The number of benzene rings is 1. The molecule has 2 rings (SSSR count). The molecule has 1 aromatic rings. The summed E-state index contributed by atoms with van der Waals surface area (Å²) in [4.78, 5) is 14.6. The third-order valence-electron chi connectivity index (χ3n) is 3.40. The third kappa shape index (κ3) is 4.01. The second kappa shape index (κ2) is 5.80. The zero-order chi connectivity index (χ0) is 15.6. The second-order valence-electron chi connectivity index (χ2n) is 5.02. The van der Waals surface area contributed by atoms with Crippen molar-refractivity contribution in [1.82, 2.24) is 4.90 Å². The highest BCUT2D eigenvalue weighted by atomic mass is 19.4. The molecule has 5 nitrogen and oxygen atoms in total. The summed E-state index contributed by atoms with van der Waals surface area (Å²) >= 11 is 0. The average Bonchev–Trinajstić information content (AvgIpc) is 2.37. The quantitative estimate of drug-likeness (QED) is 0.819. The van der Waals surface area contributed by atoms with Crippen LogP contribution in [-0.2, 0) is 0 Å². The van der Waals surface area contributed by atoms with Gasteiger partial charge >= 0.3 is 6.18 Å². The molecule has 0 spiro atoms. The van der Waals surface area contributed by atoms with Crippen LogP contribution in [0.3, 0.4) is 0 Å². The fourth-order valence-electron chi connectivity index (χ4n) is 2.42. The smallest absolute Gasteiger partial charge is 0.399 e. The number of primary amides is 1. The fraction of sp³-hybridized carbons (Fsp3) is 0.462. The molecule has 21 heavy (non-hydrogen) atoms. The third-order valence-corrected chi connectivity index (χ3v) is 3.40. The minimum atomic E-state index is -4.20. The van der Waals surface area contributed by atoms with Gasteiger partial charge in [-0.1, -0.05) is 0 Å². The Labute approximate surface area is 120 Å². The van der Waals surface area contributed by atoms with Crippen LogP contribution in [0.4, 0.5) is 24.5 Å². The summed E-state index contributed by atoms with van der Waals surface area (Å²) < 4.78 is 37.1. The highest BCUT2D eigenvalue weighted by Gasteiger charge is 2.32. The number of halogens is 3. The molecule has 8 heteroatoms. The van der Waals surface area contributed by atoms with E-state index in [2.05, 4.69) is 0 Å². The highest BCUT2D eigenvalue weighted by Crippen LogP contribution is 2.25. The molecular formula is C13H17F3N4O. The number of piperazine rings is 1. The van der Waals surface area contributed by atoms with E-state index in [-0.39, 0.29) is 13.1 Å². The van der Waals surface area contributed by atoms with Crippen LogP contribution in [0.2, 0.25) is 0 Å². The van der Waals surface area contributed by atoms with Crippen molar-refractivity contribution in [2.45, 2.75) is 6.18 Å². The fourth-order valence-corrected chi connectivity index (χ4v) is 2.42. The van der Waals surface area contributed by atoms with Crippen molar-refractivity contribution in [3.8, 4) is 0 Å². The molecule has 0 radical (unpaired) electrons. The van der Waals surface area contributed by atoms with E-state index in [4.69, 9.17) is 11.5 Å². The highest BCUT2D eigenvalue weighted by molar-refractivity contribution is 5.99. The van der Waals surface area contributed by atoms with Crippen LogP contribution in [0.25, 0.3) is 0 Å². The largest absolute Gasteiger partial charge is 0.401 e. The molecule has 0 aromatic heterocycles. The van der Waals surface area contributed by atoms with Gasteiger partial charge in [-0.3, -0.25) is 9.69 Å². The summed E-state index contributed by atoms with van der Waals surface area (Å²) in [7, 11) is 0.